The number of unbranched alkanes of at least 4 members (excludes halogenated alkanes) is 9. The quantitative estimate of drug-likeness (QED) is 0.134. The van der Waals surface area contributed by atoms with Gasteiger partial charge in [-0.2, -0.15) is 0 Å². The Morgan fingerprint density at radius 3 is 1.46 bits per heavy atom. The van der Waals surface area contributed by atoms with Crippen molar-refractivity contribution in [2.24, 2.45) is 0 Å². The minimum atomic E-state index is -0.0289. The highest BCUT2D eigenvalue weighted by Gasteiger charge is 2.30. The minimum absolute atomic E-state index is 0.0289. The van der Waals surface area contributed by atoms with Crippen LogP contribution in [0.1, 0.15) is 130 Å². The van der Waals surface area contributed by atoms with Crippen molar-refractivity contribution in [3.63, 3.8) is 0 Å². The van der Waals surface area contributed by atoms with Crippen LogP contribution in [-0.2, 0) is 9.78 Å². The van der Waals surface area contributed by atoms with Crippen molar-refractivity contribution in [3.05, 3.63) is 0 Å². The van der Waals surface area contributed by atoms with Gasteiger partial charge in [0, 0.05) is 0 Å². The molecule has 0 aliphatic carbocycles. The Hall–Kier alpha value is -0.0800. The fourth-order valence-corrected chi connectivity index (χ4v) is 3.60. The first kappa shape index (κ1) is 23.9. The Bertz CT molecular complexity index is 234. The Morgan fingerprint density at radius 1 is 0.500 bits per heavy atom. The van der Waals surface area contributed by atoms with Crippen molar-refractivity contribution < 1.29 is 9.78 Å². The van der Waals surface area contributed by atoms with Crippen LogP contribution in [0.3, 0.4) is 0 Å². The van der Waals surface area contributed by atoms with Crippen molar-refractivity contribution in [1.29, 1.82) is 0 Å². The van der Waals surface area contributed by atoms with Crippen LogP contribution in [0.15, 0.2) is 0 Å². The number of hydrogen-bond acceptors (Lipinski definition) is 2. The van der Waals surface area contributed by atoms with Gasteiger partial charge in [-0.05, 0) is 25.7 Å². The summed E-state index contributed by atoms with van der Waals surface area (Å²) >= 11 is 0. The molecule has 0 fully saturated rings. The lowest BCUT2D eigenvalue weighted by molar-refractivity contribution is -0.366. The summed E-state index contributed by atoms with van der Waals surface area (Å²) in [5.74, 6) is 0. The largest absolute Gasteiger partial charge is 0.236 e. The molecule has 0 saturated carbocycles. The van der Waals surface area contributed by atoms with Crippen molar-refractivity contribution >= 4 is 0 Å². The Morgan fingerprint density at radius 2 is 1.00 bits per heavy atom. The Balaban J connectivity index is 3.87. The highest BCUT2D eigenvalue weighted by atomic mass is 17.2. The third-order valence-corrected chi connectivity index (χ3v) is 4.92. The second kappa shape index (κ2) is 17.7. The molecular formula is C22H46O2. The van der Waals surface area contributed by atoms with Gasteiger partial charge in [-0.3, -0.25) is 0 Å². The molecule has 2 heteroatoms. The van der Waals surface area contributed by atoms with Crippen LogP contribution < -0.4 is 0 Å². The van der Waals surface area contributed by atoms with Crippen LogP contribution >= 0.6 is 0 Å². The zero-order chi connectivity index (χ0) is 17.9. The van der Waals surface area contributed by atoms with E-state index in [9.17, 15) is 0 Å². The highest BCUT2D eigenvalue weighted by Crippen LogP contribution is 2.31. The molecule has 0 aromatic carbocycles. The molecule has 0 amide bonds. The first-order valence-corrected chi connectivity index (χ1v) is 11.0. The molecule has 0 aliphatic rings. The summed E-state index contributed by atoms with van der Waals surface area (Å²) < 4.78 is 0. The lowest BCUT2D eigenvalue weighted by atomic mass is 9.87. The van der Waals surface area contributed by atoms with Crippen molar-refractivity contribution in [3.8, 4) is 0 Å². The molecule has 0 aromatic heterocycles. The second-order valence-corrected chi connectivity index (χ2v) is 7.52. The molecule has 0 saturated heterocycles. The van der Waals surface area contributed by atoms with Gasteiger partial charge < -0.3 is 0 Å². The second-order valence-electron chi connectivity index (χ2n) is 7.52. The topological polar surface area (TPSA) is 18.5 Å². The third kappa shape index (κ3) is 13.2. The van der Waals surface area contributed by atoms with E-state index in [0.717, 1.165) is 25.7 Å². The summed E-state index contributed by atoms with van der Waals surface area (Å²) in [5.41, 5.74) is -0.0289. The standard InChI is InChI=1S/C22H46O2/c1-5-9-10-11-12-13-14-15-16-17-20-22(18-6-2,19-7-3)24-23-21-8-4/h5-21H2,1-4H3. The molecule has 146 valence electrons. The van der Waals surface area contributed by atoms with Crippen LogP contribution in [-0.4, -0.2) is 12.2 Å². The molecule has 0 heterocycles. The molecule has 0 rings (SSSR count). The summed E-state index contributed by atoms with van der Waals surface area (Å²) in [6, 6.07) is 0. The van der Waals surface area contributed by atoms with Crippen LogP contribution in [0, 0.1) is 0 Å². The first-order valence-electron chi connectivity index (χ1n) is 11.0. The van der Waals surface area contributed by atoms with E-state index in [2.05, 4.69) is 27.7 Å². The normalized spacial score (nSPS) is 12.0. The molecule has 0 unspecified atom stereocenters. The van der Waals surface area contributed by atoms with Crippen LogP contribution in [0.5, 0.6) is 0 Å². The fraction of sp³-hybridized carbons (Fsp3) is 1.00. The van der Waals surface area contributed by atoms with Gasteiger partial charge in [0.1, 0.15) is 5.60 Å². The molecular weight excluding hydrogens is 296 g/mol. The van der Waals surface area contributed by atoms with Crippen LogP contribution in [0.4, 0.5) is 0 Å². The maximum atomic E-state index is 5.93. The van der Waals surface area contributed by atoms with E-state index in [-0.39, 0.29) is 5.60 Å². The Labute approximate surface area is 153 Å². The van der Waals surface area contributed by atoms with E-state index in [0.29, 0.717) is 6.61 Å². The predicted molar refractivity (Wildman–Crippen MR) is 106 cm³/mol. The van der Waals surface area contributed by atoms with Crippen LogP contribution in [0.2, 0.25) is 0 Å². The summed E-state index contributed by atoms with van der Waals surface area (Å²) in [6.45, 7) is 9.65. The SMILES string of the molecule is CCCCCCCCCCCCC(CCC)(CCC)OOCCC. The van der Waals surface area contributed by atoms with E-state index >= 15 is 0 Å². The van der Waals surface area contributed by atoms with Crippen LogP contribution in [0.25, 0.3) is 0 Å². The molecule has 0 aromatic rings. The smallest absolute Gasteiger partial charge is 0.104 e. The zero-order valence-corrected chi connectivity index (χ0v) is 17.3. The van der Waals surface area contributed by atoms with Gasteiger partial charge in [0.2, 0.25) is 0 Å². The van der Waals surface area contributed by atoms with E-state index in [1.54, 1.807) is 0 Å². The minimum Gasteiger partial charge on any atom is -0.236 e. The maximum absolute atomic E-state index is 5.93. The molecule has 24 heavy (non-hydrogen) atoms. The summed E-state index contributed by atoms with van der Waals surface area (Å²) in [4.78, 5) is 11.4. The highest BCUT2D eigenvalue weighted by molar-refractivity contribution is 4.79. The van der Waals surface area contributed by atoms with Gasteiger partial charge in [0.25, 0.3) is 0 Å². The molecule has 0 N–H and O–H groups in total. The van der Waals surface area contributed by atoms with E-state index in [1.165, 1.54) is 77.0 Å². The molecule has 0 atom stereocenters. The average molecular weight is 343 g/mol. The first-order chi connectivity index (χ1) is 11.7. The molecule has 2 nitrogen and oxygen atoms in total. The molecule has 0 aliphatic heterocycles. The van der Waals surface area contributed by atoms with Gasteiger partial charge in [-0.25, -0.2) is 9.78 Å². The van der Waals surface area contributed by atoms with E-state index in [1.807, 2.05) is 0 Å². The van der Waals surface area contributed by atoms with Gasteiger partial charge >= 0.3 is 0 Å². The molecule has 0 bridgehead atoms. The van der Waals surface area contributed by atoms with Crippen molar-refractivity contribution in [2.75, 3.05) is 6.61 Å². The van der Waals surface area contributed by atoms with Crippen molar-refractivity contribution in [2.45, 2.75) is 136 Å². The average Bonchev–Trinajstić information content (AvgIpc) is 2.57. The fourth-order valence-electron chi connectivity index (χ4n) is 3.60. The van der Waals surface area contributed by atoms with E-state index in [4.69, 9.17) is 9.78 Å². The molecule has 0 spiro atoms. The maximum Gasteiger partial charge on any atom is 0.104 e. The van der Waals surface area contributed by atoms with Gasteiger partial charge in [0.05, 0.1) is 6.61 Å². The van der Waals surface area contributed by atoms with Gasteiger partial charge in [0.15, 0.2) is 0 Å². The summed E-state index contributed by atoms with van der Waals surface area (Å²) in [5, 5.41) is 0. The lowest BCUT2D eigenvalue weighted by Crippen LogP contribution is -2.33. The zero-order valence-electron chi connectivity index (χ0n) is 17.3. The third-order valence-electron chi connectivity index (χ3n) is 4.92. The lowest BCUT2D eigenvalue weighted by Gasteiger charge is -2.32. The summed E-state index contributed by atoms with van der Waals surface area (Å²) in [6.07, 6.45) is 20.7. The van der Waals surface area contributed by atoms with Gasteiger partial charge in [-0.1, -0.05) is 105 Å². The molecule has 0 radical (unpaired) electrons. The van der Waals surface area contributed by atoms with Crippen molar-refractivity contribution in [1.82, 2.24) is 0 Å². The number of hydrogen-bond donors (Lipinski definition) is 0. The Kier molecular flexibility index (Phi) is 17.7. The summed E-state index contributed by atoms with van der Waals surface area (Å²) in [7, 11) is 0. The monoisotopic (exact) mass is 342 g/mol. The van der Waals surface area contributed by atoms with Gasteiger partial charge in [-0.15, -0.1) is 0 Å². The predicted octanol–water partition coefficient (Wildman–Crippen LogP) is 7.99. The number of rotatable bonds is 19. The van der Waals surface area contributed by atoms with E-state index < -0.39 is 0 Å².